The largest absolute Gasteiger partial charge is 0.463 e. The Morgan fingerprint density at radius 1 is 1.10 bits per heavy atom. The van der Waals surface area contributed by atoms with Crippen LogP contribution in [-0.4, -0.2) is 18.4 Å². The molecule has 2 aromatic rings. The van der Waals surface area contributed by atoms with Gasteiger partial charge in [0.05, 0.1) is 12.2 Å². The molecule has 2 aromatic carbocycles. The number of nitrogens with one attached hydrogen (secondary N) is 1. The first-order valence-corrected chi connectivity index (χ1v) is 10.2. The van der Waals surface area contributed by atoms with E-state index in [0.29, 0.717) is 35.2 Å². The fourth-order valence-electron chi connectivity index (χ4n) is 4.50. The molecule has 0 fully saturated rings. The van der Waals surface area contributed by atoms with Crippen LogP contribution in [0.5, 0.6) is 0 Å². The smallest absolute Gasteiger partial charge is 0.336 e. The Balaban J connectivity index is 1.81. The lowest BCUT2D eigenvalue weighted by Crippen LogP contribution is -2.36. The Morgan fingerprint density at radius 2 is 1.83 bits per heavy atom. The third-order valence-electron chi connectivity index (χ3n) is 5.78. The van der Waals surface area contributed by atoms with Gasteiger partial charge in [-0.1, -0.05) is 42.5 Å². The number of carbonyl (C=O) groups is 2. The first kappa shape index (κ1) is 20.1. The standard InChI is InChI=1S/C25H24FNO3/c1-3-30-25(29)22-15(2)27-20-13-18(16-8-5-4-6-9-16)14-21(28)24(20)23(22)17-10-7-11-19(26)12-17/h4-12,18,23,27H,3,13-14H2,1-2H3. The molecule has 30 heavy (non-hydrogen) atoms. The van der Waals surface area contributed by atoms with E-state index in [1.165, 1.54) is 12.1 Å². The van der Waals surface area contributed by atoms with Crippen molar-refractivity contribution in [2.75, 3.05) is 6.61 Å². The second-order valence-corrected chi connectivity index (χ2v) is 7.70. The Morgan fingerprint density at radius 3 is 2.53 bits per heavy atom. The van der Waals surface area contributed by atoms with E-state index in [-0.39, 0.29) is 18.3 Å². The minimum absolute atomic E-state index is 0.0267. The summed E-state index contributed by atoms with van der Waals surface area (Å²) in [4.78, 5) is 26.1. The lowest BCUT2D eigenvalue weighted by atomic mass is 9.72. The molecule has 0 aromatic heterocycles. The van der Waals surface area contributed by atoms with E-state index in [1.807, 2.05) is 30.3 Å². The summed E-state index contributed by atoms with van der Waals surface area (Å²) in [7, 11) is 0. The van der Waals surface area contributed by atoms with Crippen molar-refractivity contribution in [2.24, 2.45) is 0 Å². The van der Waals surface area contributed by atoms with Gasteiger partial charge in [-0.25, -0.2) is 9.18 Å². The fraction of sp³-hybridized carbons (Fsp3) is 0.280. The molecule has 4 rings (SSSR count). The van der Waals surface area contributed by atoms with Crippen molar-refractivity contribution in [3.05, 3.63) is 94.1 Å². The highest BCUT2D eigenvalue weighted by atomic mass is 19.1. The van der Waals surface area contributed by atoms with Crippen LogP contribution in [0, 0.1) is 5.82 Å². The molecule has 2 aliphatic rings. The molecule has 2 atom stereocenters. The van der Waals surface area contributed by atoms with Gasteiger partial charge in [-0.15, -0.1) is 0 Å². The monoisotopic (exact) mass is 405 g/mol. The van der Waals surface area contributed by atoms with Crippen LogP contribution in [0.2, 0.25) is 0 Å². The summed E-state index contributed by atoms with van der Waals surface area (Å²) < 4.78 is 19.3. The quantitative estimate of drug-likeness (QED) is 0.746. The number of benzene rings is 2. The molecule has 1 N–H and O–H groups in total. The number of carbonyl (C=O) groups excluding carboxylic acids is 2. The molecular formula is C25H24FNO3. The van der Waals surface area contributed by atoms with Crippen molar-refractivity contribution in [1.29, 1.82) is 0 Å². The normalized spacial score (nSPS) is 21.2. The van der Waals surface area contributed by atoms with E-state index in [0.717, 1.165) is 11.3 Å². The van der Waals surface area contributed by atoms with Gasteiger partial charge in [0.1, 0.15) is 5.82 Å². The van der Waals surface area contributed by atoms with E-state index in [1.54, 1.807) is 26.0 Å². The number of hydrogen-bond donors (Lipinski definition) is 1. The van der Waals surface area contributed by atoms with Crippen LogP contribution in [0.1, 0.15) is 49.7 Å². The molecule has 0 amide bonds. The molecule has 1 aliphatic heterocycles. The lowest BCUT2D eigenvalue weighted by Gasteiger charge is -2.36. The maximum Gasteiger partial charge on any atom is 0.336 e. The van der Waals surface area contributed by atoms with Crippen molar-refractivity contribution in [3.63, 3.8) is 0 Å². The maximum atomic E-state index is 14.1. The summed E-state index contributed by atoms with van der Waals surface area (Å²) in [6.07, 6.45) is 1.01. The third-order valence-corrected chi connectivity index (χ3v) is 5.78. The molecule has 154 valence electrons. The molecule has 0 radical (unpaired) electrons. The van der Waals surface area contributed by atoms with E-state index in [4.69, 9.17) is 4.74 Å². The molecule has 1 aliphatic carbocycles. The zero-order valence-corrected chi connectivity index (χ0v) is 17.1. The van der Waals surface area contributed by atoms with Gasteiger partial charge in [0.25, 0.3) is 0 Å². The van der Waals surface area contributed by atoms with Crippen LogP contribution < -0.4 is 5.32 Å². The minimum Gasteiger partial charge on any atom is -0.463 e. The number of Topliss-reactive ketones (excluding diaryl/α,β-unsaturated/α-hetero) is 1. The van der Waals surface area contributed by atoms with Crippen molar-refractivity contribution in [2.45, 2.75) is 38.5 Å². The van der Waals surface area contributed by atoms with E-state index < -0.39 is 17.7 Å². The highest BCUT2D eigenvalue weighted by Gasteiger charge is 2.41. The van der Waals surface area contributed by atoms with E-state index in [9.17, 15) is 14.0 Å². The number of rotatable bonds is 4. The van der Waals surface area contributed by atoms with E-state index in [2.05, 4.69) is 5.32 Å². The first-order valence-electron chi connectivity index (χ1n) is 10.2. The van der Waals surface area contributed by atoms with E-state index >= 15 is 0 Å². The summed E-state index contributed by atoms with van der Waals surface area (Å²) in [5, 5.41) is 3.30. The Labute approximate surface area is 175 Å². The Bertz CT molecular complexity index is 1060. The fourth-order valence-corrected chi connectivity index (χ4v) is 4.50. The van der Waals surface area contributed by atoms with Gasteiger partial charge < -0.3 is 10.1 Å². The lowest BCUT2D eigenvalue weighted by molar-refractivity contribution is -0.138. The van der Waals surface area contributed by atoms with Crippen molar-refractivity contribution >= 4 is 11.8 Å². The number of esters is 1. The topological polar surface area (TPSA) is 55.4 Å². The molecule has 0 saturated heterocycles. The van der Waals surface area contributed by atoms with Crippen molar-refractivity contribution < 1.29 is 18.7 Å². The molecular weight excluding hydrogens is 381 g/mol. The summed E-state index contributed by atoms with van der Waals surface area (Å²) >= 11 is 0. The van der Waals surface area contributed by atoms with Crippen molar-refractivity contribution in [1.82, 2.24) is 5.32 Å². The molecule has 2 unspecified atom stereocenters. The predicted octanol–water partition coefficient (Wildman–Crippen LogP) is 4.75. The zero-order valence-electron chi connectivity index (χ0n) is 17.1. The molecule has 0 spiro atoms. The molecule has 5 heteroatoms. The summed E-state index contributed by atoms with van der Waals surface area (Å²) in [5.41, 5.74) is 4.05. The van der Waals surface area contributed by atoms with Gasteiger partial charge in [0, 0.05) is 29.3 Å². The van der Waals surface area contributed by atoms with Crippen LogP contribution in [-0.2, 0) is 14.3 Å². The number of halogens is 1. The number of ketones is 1. The zero-order chi connectivity index (χ0) is 21.3. The SMILES string of the molecule is CCOC(=O)C1=C(C)NC2=C(C(=O)CC(c3ccccc3)C2)C1c1cccc(F)c1. The summed E-state index contributed by atoms with van der Waals surface area (Å²) in [6.45, 7) is 3.77. The van der Waals surface area contributed by atoms with Crippen LogP contribution in [0.15, 0.2) is 77.1 Å². The third kappa shape index (κ3) is 3.67. The van der Waals surface area contributed by atoms with Gasteiger partial charge >= 0.3 is 5.97 Å². The Hall–Kier alpha value is -3.21. The van der Waals surface area contributed by atoms with Gasteiger partial charge in [0.15, 0.2) is 5.78 Å². The number of allylic oxidation sites excluding steroid dienone is 3. The number of dihydropyridines is 1. The molecule has 4 nitrogen and oxygen atoms in total. The molecule has 1 heterocycles. The second-order valence-electron chi connectivity index (χ2n) is 7.70. The van der Waals surface area contributed by atoms with Crippen molar-refractivity contribution in [3.8, 4) is 0 Å². The Kier molecular flexibility index (Phi) is 5.53. The summed E-state index contributed by atoms with van der Waals surface area (Å²) in [5.74, 6) is -1.49. The predicted molar refractivity (Wildman–Crippen MR) is 112 cm³/mol. The average Bonchev–Trinajstić information content (AvgIpc) is 2.73. The number of hydrogen-bond acceptors (Lipinski definition) is 4. The molecule has 0 bridgehead atoms. The first-order chi connectivity index (χ1) is 14.5. The van der Waals surface area contributed by atoms with Crippen LogP contribution in [0.25, 0.3) is 0 Å². The maximum absolute atomic E-state index is 14.1. The van der Waals surface area contributed by atoms with Gasteiger partial charge in [-0.05, 0) is 49.4 Å². The average molecular weight is 405 g/mol. The van der Waals surface area contributed by atoms with Gasteiger partial charge in [-0.3, -0.25) is 4.79 Å². The van der Waals surface area contributed by atoms with Gasteiger partial charge in [-0.2, -0.15) is 0 Å². The van der Waals surface area contributed by atoms with Crippen LogP contribution in [0.3, 0.4) is 0 Å². The van der Waals surface area contributed by atoms with Gasteiger partial charge in [0.2, 0.25) is 0 Å². The highest BCUT2D eigenvalue weighted by Crippen LogP contribution is 2.45. The number of ether oxygens (including phenoxy) is 1. The highest BCUT2D eigenvalue weighted by molar-refractivity contribution is 6.04. The minimum atomic E-state index is -0.639. The second kappa shape index (κ2) is 8.27. The summed E-state index contributed by atoms with van der Waals surface area (Å²) in [6, 6.07) is 16.1. The van der Waals surface area contributed by atoms with Crippen LogP contribution in [0.4, 0.5) is 4.39 Å². The molecule has 0 saturated carbocycles. The van der Waals surface area contributed by atoms with Crippen LogP contribution >= 0.6 is 0 Å².